The van der Waals surface area contributed by atoms with Crippen molar-refractivity contribution in [2.75, 3.05) is 13.7 Å². The summed E-state index contributed by atoms with van der Waals surface area (Å²) in [4.78, 5) is 28.0. The second-order valence-electron chi connectivity index (χ2n) is 8.23. The monoisotopic (exact) mass is 445 g/mol. The minimum atomic E-state index is -0.494. The van der Waals surface area contributed by atoms with Crippen LogP contribution in [0.25, 0.3) is 10.9 Å². The molecule has 5 rings (SSSR count). The van der Waals surface area contributed by atoms with Crippen molar-refractivity contribution in [2.45, 2.75) is 37.8 Å². The molecule has 0 amide bonds. The first kappa shape index (κ1) is 21.6. The van der Waals surface area contributed by atoms with Gasteiger partial charge in [0.1, 0.15) is 11.6 Å². The van der Waals surface area contributed by atoms with Crippen molar-refractivity contribution in [3.8, 4) is 5.75 Å². The number of H-pyrrole nitrogens is 1. The van der Waals surface area contributed by atoms with E-state index in [1.807, 2.05) is 12.1 Å². The Morgan fingerprint density at radius 2 is 2.06 bits per heavy atom. The molecule has 2 N–H and O–H groups in total. The zero-order valence-corrected chi connectivity index (χ0v) is 18.0. The van der Waals surface area contributed by atoms with E-state index in [4.69, 9.17) is 4.74 Å². The molecule has 2 aromatic carbocycles. The average molecular weight is 446 g/mol. The van der Waals surface area contributed by atoms with Crippen molar-refractivity contribution in [3.05, 3.63) is 74.2 Å². The summed E-state index contributed by atoms with van der Waals surface area (Å²) in [7, 11) is 1.70. The minimum absolute atomic E-state index is 0. The van der Waals surface area contributed by atoms with Crippen LogP contribution in [0.2, 0.25) is 0 Å². The number of rotatable bonds is 4. The highest BCUT2D eigenvalue weighted by Crippen LogP contribution is 2.45. The van der Waals surface area contributed by atoms with Gasteiger partial charge in [0, 0.05) is 18.5 Å². The molecule has 2 heterocycles. The first-order valence-corrected chi connectivity index (χ1v) is 10.4. The highest BCUT2D eigenvalue weighted by molar-refractivity contribution is 5.85. The molecule has 6 nitrogen and oxygen atoms in total. The molecule has 0 saturated carbocycles. The van der Waals surface area contributed by atoms with E-state index in [0.29, 0.717) is 23.8 Å². The lowest BCUT2D eigenvalue weighted by Gasteiger charge is -2.32. The number of halogens is 2. The van der Waals surface area contributed by atoms with E-state index in [2.05, 4.69) is 16.4 Å². The minimum Gasteiger partial charge on any atom is -0.496 e. The number of aromatic nitrogens is 2. The summed E-state index contributed by atoms with van der Waals surface area (Å²) >= 11 is 0. The zero-order valence-electron chi connectivity index (χ0n) is 17.2. The Balaban J connectivity index is 0.00000231. The summed E-state index contributed by atoms with van der Waals surface area (Å²) in [5.74, 6) is 1.30. The van der Waals surface area contributed by atoms with Crippen molar-refractivity contribution in [1.29, 1.82) is 0 Å². The van der Waals surface area contributed by atoms with Crippen LogP contribution in [0.4, 0.5) is 4.39 Å². The van der Waals surface area contributed by atoms with Gasteiger partial charge in [0.25, 0.3) is 5.56 Å². The Labute approximate surface area is 184 Å². The van der Waals surface area contributed by atoms with Crippen LogP contribution >= 0.6 is 12.4 Å². The molecule has 1 fully saturated rings. The van der Waals surface area contributed by atoms with E-state index >= 15 is 0 Å². The number of nitrogens with zero attached hydrogens (tertiary/aromatic N) is 1. The molecule has 31 heavy (non-hydrogen) atoms. The van der Waals surface area contributed by atoms with Crippen LogP contribution < -0.4 is 21.3 Å². The second-order valence-corrected chi connectivity index (χ2v) is 8.23. The van der Waals surface area contributed by atoms with Gasteiger partial charge in [-0.1, -0.05) is 12.1 Å². The van der Waals surface area contributed by atoms with Crippen molar-refractivity contribution in [3.63, 3.8) is 0 Å². The Morgan fingerprint density at radius 1 is 1.23 bits per heavy atom. The topological polar surface area (TPSA) is 76.1 Å². The van der Waals surface area contributed by atoms with E-state index in [0.717, 1.165) is 25.1 Å². The normalized spacial score (nSPS) is 21.9. The smallest absolute Gasteiger partial charge is 0.328 e. The Morgan fingerprint density at radius 3 is 2.87 bits per heavy atom. The lowest BCUT2D eigenvalue weighted by molar-refractivity contribution is 0.371. The molecule has 0 spiro atoms. The molecule has 2 aliphatic rings. The number of hydrogen-bond acceptors (Lipinski definition) is 4. The molecule has 0 bridgehead atoms. The van der Waals surface area contributed by atoms with Crippen molar-refractivity contribution < 1.29 is 9.13 Å². The predicted molar refractivity (Wildman–Crippen MR) is 120 cm³/mol. The summed E-state index contributed by atoms with van der Waals surface area (Å²) in [6.45, 7) is 1.21. The molecule has 3 unspecified atom stereocenters. The van der Waals surface area contributed by atoms with Crippen molar-refractivity contribution in [2.24, 2.45) is 5.92 Å². The van der Waals surface area contributed by atoms with E-state index in [-0.39, 0.29) is 30.4 Å². The van der Waals surface area contributed by atoms with Gasteiger partial charge in [-0.05, 0) is 67.1 Å². The maximum atomic E-state index is 13.6. The molecule has 0 radical (unpaired) electrons. The fourth-order valence-corrected chi connectivity index (χ4v) is 5.30. The van der Waals surface area contributed by atoms with Gasteiger partial charge in [-0.15, -0.1) is 12.4 Å². The van der Waals surface area contributed by atoms with Gasteiger partial charge in [-0.3, -0.25) is 9.36 Å². The number of aromatic amines is 1. The molecule has 164 valence electrons. The Kier molecular flexibility index (Phi) is 5.90. The maximum absolute atomic E-state index is 13.6. The highest BCUT2D eigenvalue weighted by atomic mass is 35.5. The fourth-order valence-electron chi connectivity index (χ4n) is 5.30. The average Bonchev–Trinajstić information content (AvgIpc) is 3.17. The first-order chi connectivity index (χ1) is 14.6. The largest absolute Gasteiger partial charge is 0.496 e. The summed E-state index contributed by atoms with van der Waals surface area (Å²) < 4.78 is 20.4. The number of fused-ring (bicyclic) bond motifs is 4. The lowest BCUT2D eigenvalue weighted by Crippen LogP contribution is -2.38. The Bertz CT molecular complexity index is 1240. The zero-order chi connectivity index (χ0) is 20.8. The molecule has 3 atom stereocenters. The summed E-state index contributed by atoms with van der Waals surface area (Å²) in [5, 5.41) is 3.80. The standard InChI is InChI=1S/C23H24FN3O3.ClH/c1-30-20-4-2-3-16-15(20)7-5-13-12-25-19(21(13)16)9-10-27-22(28)17-11-14(24)6-8-18(17)26-23(27)29;/h2-4,6,8,11,13,19,21,25H,5,7,9-10,12H2,1H3,(H,26,29);1H. The van der Waals surface area contributed by atoms with E-state index in [1.54, 1.807) is 7.11 Å². The summed E-state index contributed by atoms with van der Waals surface area (Å²) in [6, 6.07) is 10.2. The van der Waals surface area contributed by atoms with Crippen LogP contribution in [0, 0.1) is 11.7 Å². The molecule has 1 aliphatic carbocycles. The van der Waals surface area contributed by atoms with Crippen LogP contribution in [-0.4, -0.2) is 29.2 Å². The number of methoxy groups -OCH3 is 1. The molecule has 1 saturated heterocycles. The third-order valence-corrected chi connectivity index (χ3v) is 6.70. The number of ether oxygens (including phenoxy) is 1. The molecular weight excluding hydrogens is 421 g/mol. The van der Waals surface area contributed by atoms with Crippen LogP contribution in [-0.2, 0) is 13.0 Å². The van der Waals surface area contributed by atoms with Gasteiger partial charge in [-0.2, -0.15) is 0 Å². The Hall–Kier alpha value is -2.64. The number of hydrogen-bond donors (Lipinski definition) is 2. The van der Waals surface area contributed by atoms with Gasteiger partial charge >= 0.3 is 5.69 Å². The van der Waals surface area contributed by atoms with E-state index in [9.17, 15) is 14.0 Å². The predicted octanol–water partition coefficient (Wildman–Crippen LogP) is 2.97. The fraction of sp³-hybridized carbons (Fsp3) is 0.391. The SMILES string of the molecule is COc1cccc2c1CCC1CNC(CCn3c(=O)[nH]c4ccc(F)cc4c3=O)C21.Cl. The molecule has 8 heteroatoms. The molecule has 3 aromatic rings. The van der Waals surface area contributed by atoms with Gasteiger partial charge in [-0.25, -0.2) is 9.18 Å². The van der Waals surface area contributed by atoms with Gasteiger partial charge in [0.05, 0.1) is 18.0 Å². The maximum Gasteiger partial charge on any atom is 0.328 e. The lowest BCUT2D eigenvalue weighted by atomic mass is 9.73. The first-order valence-electron chi connectivity index (χ1n) is 10.4. The van der Waals surface area contributed by atoms with Crippen LogP contribution in [0.5, 0.6) is 5.75 Å². The van der Waals surface area contributed by atoms with Crippen LogP contribution in [0.15, 0.2) is 46.0 Å². The molecule has 1 aliphatic heterocycles. The van der Waals surface area contributed by atoms with Gasteiger partial charge in [0.2, 0.25) is 0 Å². The van der Waals surface area contributed by atoms with Crippen LogP contribution in [0.3, 0.4) is 0 Å². The summed E-state index contributed by atoms with van der Waals surface area (Å²) in [5.41, 5.74) is 2.02. The van der Waals surface area contributed by atoms with E-state index in [1.165, 1.54) is 33.9 Å². The second kappa shape index (κ2) is 8.48. The number of benzene rings is 2. The van der Waals surface area contributed by atoms with Crippen molar-refractivity contribution in [1.82, 2.24) is 14.9 Å². The van der Waals surface area contributed by atoms with E-state index < -0.39 is 17.1 Å². The third kappa shape index (κ3) is 3.66. The highest BCUT2D eigenvalue weighted by Gasteiger charge is 2.40. The quantitative estimate of drug-likeness (QED) is 0.647. The molecule has 1 aromatic heterocycles. The van der Waals surface area contributed by atoms with Crippen molar-refractivity contribution >= 4 is 23.3 Å². The third-order valence-electron chi connectivity index (χ3n) is 6.70. The summed E-state index contributed by atoms with van der Waals surface area (Å²) in [6.07, 6.45) is 2.74. The number of nitrogens with one attached hydrogen (secondary N) is 2. The molecular formula is C23H25ClFN3O3. The van der Waals surface area contributed by atoms with Gasteiger partial charge in [0.15, 0.2) is 0 Å². The van der Waals surface area contributed by atoms with Crippen LogP contribution in [0.1, 0.15) is 29.9 Å². The van der Waals surface area contributed by atoms with Gasteiger partial charge < -0.3 is 15.0 Å².